The van der Waals surface area contributed by atoms with E-state index in [0.29, 0.717) is 0 Å². The minimum Gasteiger partial charge on any atom is -0.312 e. The monoisotopic (exact) mass is 123 g/mol. The molecule has 0 saturated carbocycles. The van der Waals surface area contributed by atoms with Crippen molar-refractivity contribution in [1.82, 2.24) is 4.98 Å². The topological polar surface area (TPSA) is 64.9 Å². The predicted octanol–water partition coefficient (Wildman–Crippen LogP) is -0.00240. The van der Waals surface area contributed by atoms with Gasteiger partial charge in [0.1, 0.15) is 0 Å². The molecule has 0 fully saturated rings. The Balaban J connectivity index is 2.85. The SMILES string of the molecule is NC(N)c1cccnc1. The lowest BCUT2D eigenvalue weighted by Gasteiger charge is -2.01. The van der Waals surface area contributed by atoms with Crippen molar-refractivity contribution in [2.24, 2.45) is 11.5 Å². The molecule has 4 N–H and O–H groups in total. The van der Waals surface area contributed by atoms with E-state index in [0.717, 1.165) is 5.56 Å². The molecule has 0 bridgehead atoms. The molecule has 0 aromatic carbocycles. The molecule has 0 saturated heterocycles. The molecule has 0 radical (unpaired) electrons. The van der Waals surface area contributed by atoms with E-state index in [-0.39, 0.29) is 0 Å². The number of hydrogen-bond acceptors (Lipinski definition) is 3. The third-order valence-corrected chi connectivity index (χ3v) is 1.07. The first-order valence-electron chi connectivity index (χ1n) is 2.72. The number of pyridine rings is 1. The normalized spacial score (nSPS) is 10.1. The van der Waals surface area contributed by atoms with E-state index in [1.54, 1.807) is 12.4 Å². The highest BCUT2D eigenvalue weighted by Gasteiger charge is 1.94. The van der Waals surface area contributed by atoms with Gasteiger partial charge in [-0.2, -0.15) is 0 Å². The minimum absolute atomic E-state index is 0.404. The summed E-state index contributed by atoms with van der Waals surface area (Å²) in [6.45, 7) is 0. The molecular formula is C6H9N3. The van der Waals surface area contributed by atoms with Crippen LogP contribution in [-0.4, -0.2) is 4.98 Å². The van der Waals surface area contributed by atoms with Crippen molar-refractivity contribution in [3.8, 4) is 0 Å². The zero-order chi connectivity index (χ0) is 6.69. The molecule has 1 aromatic heterocycles. The molecule has 0 atom stereocenters. The van der Waals surface area contributed by atoms with E-state index in [9.17, 15) is 0 Å². The fourth-order valence-electron chi connectivity index (χ4n) is 0.573. The second kappa shape index (κ2) is 2.57. The second-order valence-electron chi connectivity index (χ2n) is 1.81. The van der Waals surface area contributed by atoms with Gasteiger partial charge in [0.05, 0.1) is 6.17 Å². The summed E-state index contributed by atoms with van der Waals surface area (Å²) in [5.74, 6) is 0. The summed E-state index contributed by atoms with van der Waals surface area (Å²) in [6.07, 6.45) is 2.94. The number of nitrogens with two attached hydrogens (primary N) is 2. The van der Waals surface area contributed by atoms with Crippen LogP contribution in [0.2, 0.25) is 0 Å². The maximum atomic E-state index is 5.35. The quantitative estimate of drug-likeness (QED) is 0.516. The van der Waals surface area contributed by atoms with Crippen molar-refractivity contribution < 1.29 is 0 Å². The lowest BCUT2D eigenvalue weighted by Crippen LogP contribution is -2.19. The average molecular weight is 123 g/mol. The van der Waals surface area contributed by atoms with Gasteiger partial charge in [-0.1, -0.05) is 6.07 Å². The van der Waals surface area contributed by atoms with Gasteiger partial charge in [-0.15, -0.1) is 0 Å². The fraction of sp³-hybridized carbons (Fsp3) is 0.167. The first kappa shape index (κ1) is 6.19. The zero-order valence-electron chi connectivity index (χ0n) is 4.99. The van der Waals surface area contributed by atoms with Crippen molar-refractivity contribution in [3.05, 3.63) is 30.1 Å². The van der Waals surface area contributed by atoms with Gasteiger partial charge in [-0.3, -0.25) is 4.98 Å². The molecule has 0 aliphatic rings. The molecule has 3 heteroatoms. The maximum absolute atomic E-state index is 5.35. The van der Waals surface area contributed by atoms with Crippen LogP contribution >= 0.6 is 0 Å². The largest absolute Gasteiger partial charge is 0.312 e. The first-order chi connectivity index (χ1) is 4.30. The van der Waals surface area contributed by atoms with E-state index < -0.39 is 6.17 Å². The Morgan fingerprint density at radius 1 is 1.44 bits per heavy atom. The van der Waals surface area contributed by atoms with Crippen LogP contribution in [0.4, 0.5) is 0 Å². The van der Waals surface area contributed by atoms with E-state index in [4.69, 9.17) is 11.5 Å². The molecule has 0 amide bonds. The molecular weight excluding hydrogens is 114 g/mol. The van der Waals surface area contributed by atoms with Gasteiger partial charge in [0.25, 0.3) is 0 Å². The highest BCUT2D eigenvalue weighted by atomic mass is 14.9. The van der Waals surface area contributed by atoms with Crippen LogP contribution in [-0.2, 0) is 0 Å². The number of hydrogen-bond donors (Lipinski definition) is 2. The third kappa shape index (κ3) is 1.48. The number of nitrogens with zero attached hydrogens (tertiary/aromatic N) is 1. The van der Waals surface area contributed by atoms with Gasteiger partial charge in [-0.25, -0.2) is 0 Å². The van der Waals surface area contributed by atoms with Crippen molar-refractivity contribution >= 4 is 0 Å². The second-order valence-corrected chi connectivity index (χ2v) is 1.81. The summed E-state index contributed by atoms with van der Waals surface area (Å²) in [5, 5.41) is 0. The fourth-order valence-corrected chi connectivity index (χ4v) is 0.573. The van der Waals surface area contributed by atoms with Crippen LogP contribution in [0.1, 0.15) is 11.7 Å². The number of rotatable bonds is 1. The first-order valence-corrected chi connectivity index (χ1v) is 2.72. The van der Waals surface area contributed by atoms with Crippen molar-refractivity contribution in [2.75, 3.05) is 0 Å². The van der Waals surface area contributed by atoms with Crippen molar-refractivity contribution in [3.63, 3.8) is 0 Å². The Morgan fingerprint density at radius 2 is 2.22 bits per heavy atom. The van der Waals surface area contributed by atoms with Crippen LogP contribution < -0.4 is 11.5 Å². The van der Waals surface area contributed by atoms with Gasteiger partial charge in [0.15, 0.2) is 0 Å². The van der Waals surface area contributed by atoms with Crippen LogP contribution in [0, 0.1) is 0 Å². The van der Waals surface area contributed by atoms with Gasteiger partial charge >= 0.3 is 0 Å². The molecule has 0 unspecified atom stereocenters. The molecule has 1 rings (SSSR count). The zero-order valence-corrected chi connectivity index (χ0v) is 4.99. The lowest BCUT2D eigenvalue weighted by atomic mass is 10.2. The Bertz CT molecular complexity index is 171. The maximum Gasteiger partial charge on any atom is 0.0799 e. The van der Waals surface area contributed by atoms with Crippen LogP contribution in [0.3, 0.4) is 0 Å². The Morgan fingerprint density at radius 3 is 2.56 bits per heavy atom. The van der Waals surface area contributed by atoms with Crippen LogP contribution in [0.5, 0.6) is 0 Å². The Labute approximate surface area is 53.7 Å². The summed E-state index contributed by atoms with van der Waals surface area (Å²) in [6, 6.07) is 3.65. The third-order valence-electron chi connectivity index (χ3n) is 1.07. The standard InChI is InChI=1S/C6H9N3/c7-6(8)5-2-1-3-9-4-5/h1-4,6H,7-8H2. The van der Waals surface area contributed by atoms with Crippen LogP contribution in [0.15, 0.2) is 24.5 Å². The molecule has 0 spiro atoms. The van der Waals surface area contributed by atoms with E-state index in [2.05, 4.69) is 4.98 Å². The summed E-state index contributed by atoms with van der Waals surface area (Å²) in [7, 11) is 0. The van der Waals surface area contributed by atoms with E-state index >= 15 is 0 Å². The van der Waals surface area contributed by atoms with E-state index in [1.165, 1.54) is 0 Å². The smallest absolute Gasteiger partial charge is 0.0799 e. The number of aromatic nitrogens is 1. The molecule has 0 aliphatic heterocycles. The molecule has 1 aromatic rings. The van der Waals surface area contributed by atoms with Crippen molar-refractivity contribution in [1.29, 1.82) is 0 Å². The highest BCUT2D eigenvalue weighted by molar-refractivity contribution is 5.11. The Kier molecular flexibility index (Phi) is 1.77. The van der Waals surface area contributed by atoms with Gasteiger partial charge in [0.2, 0.25) is 0 Å². The summed E-state index contributed by atoms with van der Waals surface area (Å²) < 4.78 is 0. The molecule has 0 aliphatic carbocycles. The Hall–Kier alpha value is -0.930. The summed E-state index contributed by atoms with van der Waals surface area (Å²) >= 11 is 0. The summed E-state index contributed by atoms with van der Waals surface area (Å²) in [4.78, 5) is 3.85. The van der Waals surface area contributed by atoms with Crippen molar-refractivity contribution in [2.45, 2.75) is 6.17 Å². The van der Waals surface area contributed by atoms with Crippen LogP contribution in [0.25, 0.3) is 0 Å². The van der Waals surface area contributed by atoms with E-state index in [1.807, 2.05) is 12.1 Å². The van der Waals surface area contributed by atoms with Gasteiger partial charge < -0.3 is 11.5 Å². The van der Waals surface area contributed by atoms with Gasteiger partial charge in [0, 0.05) is 18.0 Å². The molecule has 3 nitrogen and oxygen atoms in total. The molecule has 9 heavy (non-hydrogen) atoms. The molecule has 1 heterocycles. The lowest BCUT2D eigenvalue weighted by molar-refractivity contribution is 0.768. The minimum atomic E-state index is -0.404. The average Bonchev–Trinajstić information content (AvgIpc) is 1.90. The highest BCUT2D eigenvalue weighted by Crippen LogP contribution is 1.99. The summed E-state index contributed by atoms with van der Waals surface area (Å²) in [5.41, 5.74) is 11.6. The predicted molar refractivity (Wildman–Crippen MR) is 35.4 cm³/mol. The molecule has 48 valence electrons. The van der Waals surface area contributed by atoms with Gasteiger partial charge in [-0.05, 0) is 6.07 Å².